The molecule has 0 saturated heterocycles. The Labute approximate surface area is 163 Å². The standard InChI is InChI=1S/C22H24O6/c1-14(20(24)25)10-15(2)21(26)28-13-22(9-5-7-17(23)11-22)19-18-8-4-3-6-16(18)12-27-19/h3-6,8-9,12,14-15H,7,10-11,13H2,1-2H3,(H,24,25)/p-1. The number of furan rings is 1. The summed E-state index contributed by atoms with van der Waals surface area (Å²) in [5.41, 5.74) is -0.867. The molecule has 1 aliphatic carbocycles. The molecule has 0 saturated carbocycles. The Morgan fingerprint density at radius 3 is 2.71 bits per heavy atom. The maximum Gasteiger partial charge on any atom is 0.308 e. The number of hydrogen-bond acceptors (Lipinski definition) is 6. The molecule has 28 heavy (non-hydrogen) atoms. The van der Waals surface area contributed by atoms with Crippen LogP contribution in [-0.4, -0.2) is 24.3 Å². The van der Waals surface area contributed by atoms with E-state index in [2.05, 4.69) is 0 Å². The van der Waals surface area contributed by atoms with Gasteiger partial charge in [-0.3, -0.25) is 9.59 Å². The van der Waals surface area contributed by atoms with Crippen LogP contribution in [0.15, 0.2) is 47.1 Å². The summed E-state index contributed by atoms with van der Waals surface area (Å²) in [6, 6.07) is 7.61. The van der Waals surface area contributed by atoms with Crippen molar-refractivity contribution in [1.82, 2.24) is 0 Å². The highest BCUT2D eigenvalue weighted by atomic mass is 16.5. The second kappa shape index (κ2) is 8.00. The number of carbonyl (C=O) groups excluding carboxylic acids is 3. The molecule has 0 aliphatic heterocycles. The summed E-state index contributed by atoms with van der Waals surface area (Å²) < 4.78 is 11.3. The van der Waals surface area contributed by atoms with E-state index in [-0.39, 0.29) is 25.2 Å². The molecule has 6 heteroatoms. The van der Waals surface area contributed by atoms with Crippen LogP contribution in [0.1, 0.15) is 38.9 Å². The largest absolute Gasteiger partial charge is 0.550 e. The van der Waals surface area contributed by atoms with Crippen molar-refractivity contribution in [2.45, 2.75) is 38.5 Å². The zero-order valence-electron chi connectivity index (χ0n) is 16.0. The zero-order valence-corrected chi connectivity index (χ0v) is 16.0. The van der Waals surface area contributed by atoms with Crippen LogP contribution >= 0.6 is 0 Å². The second-order valence-corrected chi connectivity index (χ2v) is 7.59. The van der Waals surface area contributed by atoms with Gasteiger partial charge in [-0.1, -0.05) is 50.3 Å². The van der Waals surface area contributed by atoms with Gasteiger partial charge in [0.15, 0.2) is 0 Å². The number of carbonyl (C=O) groups is 3. The van der Waals surface area contributed by atoms with Gasteiger partial charge in [0.2, 0.25) is 0 Å². The van der Waals surface area contributed by atoms with E-state index in [1.54, 1.807) is 19.3 Å². The number of Topliss-reactive ketones (excluding diaryl/α,β-unsaturated/α-hetero) is 1. The molecular weight excluding hydrogens is 360 g/mol. The second-order valence-electron chi connectivity index (χ2n) is 7.59. The molecule has 3 rings (SSSR count). The number of ether oxygens (including phenoxy) is 1. The van der Waals surface area contributed by atoms with Gasteiger partial charge in [0.25, 0.3) is 0 Å². The summed E-state index contributed by atoms with van der Waals surface area (Å²) in [7, 11) is 0. The molecule has 1 aromatic heterocycles. The number of fused-ring (bicyclic) bond motifs is 1. The maximum absolute atomic E-state index is 12.4. The first-order valence-electron chi connectivity index (χ1n) is 9.36. The fourth-order valence-corrected chi connectivity index (χ4v) is 3.66. The number of benzene rings is 1. The monoisotopic (exact) mass is 383 g/mol. The number of rotatable bonds is 7. The Morgan fingerprint density at radius 2 is 2.00 bits per heavy atom. The molecule has 0 spiro atoms. The maximum atomic E-state index is 12.4. The predicted molar refractivity (Wildman–Crippen MR) is 100 cm³/mol. The number of carboxylic acids is 1. The van der Waals surface area contributed by atoms with Crippen LogP contribution in [0.4, 0.5) is 0 Å². The minimum Gasteiger partial charge on any atom is -0.550 e. The number of ketones is 1. The van der Waals surface area contributed by atoms with Crippen molar-refractivity contribution in [2.75, 3.05) is 6.61 Å². The lowest BCUT2D eigenvalue weighted by Gasteiger charge is -2.31. The molecule has 3 atom stereocenters. The fraction of sp³-hybridized carbons (Fsp3) is 0.409. The van der Waals surface area contributed by atoms with Crippen molar-refractivity contribution in [3.05, 3.63) is 48.4 Å². The van der Waals surface area contributed by atoms with E-state index >= 15 is 0 Å². The van der Waals surface area contributed by atoms with Gasteiger partial charge in [0.05, 0.1) is 17.6 Å². The first-order chi connectivity index (χ1) is 13.3. The lowest BCUT2D eigenvalue weighted by atomic mass is 9.76. The Morgan fingerprint density at radius 1 is 1.25 bits per heavy atom. The third-order valence-corrected chi connectivity index (χ3v) is 5.24. The first kappa shape index (κ1) is 19.9. The Kier molecular flexibility index (Phi) is 5.68. The molecule has 2 aromatic rings. The fourth-order valence-electron chi connectivity index (χ4n) is 3.66. The minimum absolute atomic E-state index is 0.0395. The van der Waals surface area contributed by atoms with Crippen molar-refractivity contribution in [1.29, 1.82) is 0 Å². The molecule has 148 valence electrons. The number of esters is 1. The van der Waals surface area contributed by atoms with Crippen LogP contribution in [0.3, 0.4) is 0 Å². The summed E-state index contributed by atoms with van der Waals surface area (Å²) in [6.45, 7) is 3.08. The van der Waals surface area contributed by atoms with E-state index in [1.165, 1.54) is 6.92 Å². The van der Waals surface area contributed by atoms with Gasteiger partial charge in [-0.25, -0.2) is 0 Å². The molecule has 1 aliphatic rings. The highest BCUT2D eigenvalue weighted by Crippen LogP contribution is 2.39. The van der Waals surface area contributed by atoms with Crippen molar-refractivity contribution >= 4 is 28.5 Å². The SMILES string of the molecule is CC(CC(C)C(=O)OCC1(c2occ3ccccc23)C=CCC(=O)C1)C(=O)[O-]. The summed E-state index contributed by atoms with van der Waals surface area (Å²) in [4.78, 5) is 35.5. The van der Waals surface area contributed by atoms with Gasteiger partial charge in [-0.05, 0) is 12.3 Å². The van der Waals surface area contributed by atoms with Gasteiger partial charge in [-0.2, -0.15) is 0 Å². The van der Waals surface area contributed by atoms with E-state index in [1.807, 2.05) is 30.3 Å². The van der Waals surface area contributed by atoms with Crippen molar-refractivity contribution in [3.8, 4) is 0 Å². The molecule has 1 heterocycles. The molecule has 6 nitrogen and oxygen atoms in total. The van der Waals surface area contributed by atoms with Gasteiger partial charge in [-0.15, -0.1) is 0 Å². The molecule has 0 radical (unpaired) electrons. The molecule has 1 aromatic carbocycles. The highest BCUT2D eigenvalue weighted by Gasteiger charge is 2.40. The van der Waals surface area contributed by atoms with Crippen LogP contribution in [0, 0.1) is 11.8 Å². The van der Waals surface area contributed by atoms with Crippen LogP contribution in [0.2, 0.25) is 0 Å². The lowest BCUT2D eigenvalue weighted by molar-refractivity contribution is -0.311. The number of hydrogen-bond donors (Lipinski definition) is 0. The molecular formula is C22H23O6-. The van der Waals surface area contributed by atoms with Gasteiger partial charge in [0.1, 0.15) is 18.2 Å². The van der Waals surface area contributed by atoms with Crippen molar-refractivity contribution < 1.29 is 28.6 Å². The van der Waals surface area contributed by atoms with E-state index in [0.29, 0.717) is 12.2 Å². The summed E-state index contributed by atoms with van der Waals surface area (Å²) in [6.07, 6.45) is 5.93. The number of carboxylic acid groups (broad SMARTS) is 1. The molecule has 3 unspecified atom stereocenters. The zero-order chi connectivity index (χ0) is 20.3. The van der Waals surface area contributed by atoms with E-state index in [0.717, 1.165) is 10.8 Å². The average molecular weight is 383 g/mol. The lowest BCUT2D eigenvalue weighted by Crippen LogP contribution is -2.37. The molecule has 0 N–H and O–H groups in total. The first-order valence-corrected chi connectivity index (χ1v) is 9.36. The van der Waals surface area contributed by atoms with Crippen LogP contribution in [0.25, 0.3) is 10.8 Å². The summed E-state index contributed by atoms with van der Waals surface area (Å²) in [5.74, 6) is -2.41. The normalized spacial score (nSPS) is 21.4. The quantitative estimate of drug-likeness (QED) is 0.538. The highest BCUT2D eigenvalue weighted by molar-refractivity contribution is 5.88. The average Bonchev–Trinajstić information content (AvgIpc) is 3.10. The summed E-state index contributed by atoms with van der Waals surface area (Å²) >= 11 is 0. The van der Waals surface area contributed by atoms with Gasteiger partial charge in [0, 0.05) is 29.6 Å². The van der Waals surface area contributed by atoms with E-state index < -0.39 is 29.2 Å². The van der Waals surface area contributed by atoms with Crippen LogP contribution < -0.4 is 5.11 Å². The third kappa shape index (κ3) is 4.01. The molecule has 0 amide bonds. The minimum atomic E-state index is -1.20. The Balaban J connectivity index is 1.83. The third-order valence-electron chi connectivity index (χ3n) is 5.24. The van der Waals surface area contributed by atoms with Crippen LogP contribution in [0.5, 0.6) is 0 Å². The summed E-state index contributed by atoms with van der Waals surface area (Å²) in [5, 5.41) is 12.7. The molecule has 0 bridgehead atoms. The van der Waals surface area contributed by atoms with Crippen molar-refractivity contribution in [2.24, 2.45) is 11.8 Å². The van der Waals surface area contributed by atoms with Gasteiger partial charge < -0.3 is 19.1 Å². The van der Waals surface area contributed by atoms with E-state index in [9.17, 15) is 19.5 Å². The smallest absolute Gasteiger partial charge is 0.308 e. The Hall–Kier alpha value is -2.89. The van der Waals surface area contributed by atoms with E-state index in [4.69, 9.17) is 9.15 Å². The number of allylic oxidation sites excluding steroid dienone is 1. The predicted octanol–water partition coefficient (Wildman–Crippen LogP) is 2.55. The van der Waals surface area contributed by atoms with Gasteiger partial charge >= 0.3 is 5.97 Å². The molecule has 0 fully saturated rings. The van der Waals surface area contributed by atoms with Crippen molar-refractivity contribution in [3.63, 3.8) is 0 Å². The topological polar surface area (TPSA) is 96.6 Å². The number of aliphatic carboxylic acids is 1. The Bertz CT molecular complexity index is 924. The van der Waals surface area contributed by atoms with Crippen LogP contribution in [-0.2, 0) is 24.5 Å².